The number of rotatable bonds is 6. The van der Waals surface area contributed by atoms with Crippen molar-refractivity contribution in [3.05, 3.63) is 95.6 Å². The van der Waals surface area contributed by atoms with Crippen LogP contribution in [-0.4, -0.2) is 17.6 Å². The summed E-state index contributed by atoms with van der Waals surface area (Å²) in [6.07, 6.45) is -3.70. The van der Waals surface area contributed by atoms with Gasteiger partial charge in [0.15, 0.2) is 5.11 Å². The van der Waals surface area contributed by atoms with Crippen molar-refractivity contribution in [3.63, 3.8) is 0 Å². The van der Waals surface area contributed by atoms with Gasteiger partial charge in [-0.05, 0) is 60.2 Å². The van der Waals surface area contributed by atoms with Gasteiger partial charge in [-0.25, -0.2) is 0 Å². The lowest BCUT2D eigenvalue weighted by molar-refractivity contribution is -0.137. The first kappa shape index (κ1) is 22.3. The Kier molecular flexibility index (Phi) is 7.25. The highest BCUT2D eigenvalue weighted by atomic mass is 32.1. The molecule has 0 aromatic heterocycles. The second-order valence-corrected chi connectivity index (χ2v) is 7.00. The number of carbonyl (C=O) groups is 1. The number of ether oxygens (including phenoxy) is 1. The topological polar surface area (TPSA) is 50.4 Å². The van der Waals surface area contributed by atoms with Gasteiger partial charge in [-0.3, -0.25) is 10.1 Å². The number of thiocarbonyl (C=S) groups is 1. The molecule has 0 unspecified atom stereocenters. The molecule has 0 aliphatic carbocycles. The quantitative estimate of drug-likeness (QED) is 0.496. The number of hydrogen-bond acceptors (Lipinski definition) is 3. The molecule has 0 spiro atoms. The normalized spacial score (nSPS) is 10.9. The summed E-state index contributed by atoms with van der Waals surface area (Å²) in [6.45, 7) is 0.501. The summed E-state index contributed by atoms with van der Waals surface area (Å²) in [7, 11) is 0. The van der Waals surface area contributed by atoms with E-state index in [9.17, 15) is 18.0 Å². The first-order chi connectivity index (χ1) is 14.8. The lowest BCUT2D eigenvalue weighted by Crippen LogP contribution is -2.34. The van der Waals surface area contributed by atoms with E-state index in [0.29, 0.717) is 17.9 Å². The highest BCUT2D eigenvalue weighted by Gasteiger charge is 2.30. The molecule has 0 radical (unpaired) electrons. The van der Waals surface area contributed by atoms with E-state index in [-0.39, 0.29) is 10.8 Å². The fraction of sp³-hybridized carbons (Fsp3) is 0.130. The zero-order chi connectivity index (χ0) is 22.3. The van der Waals surface area contributed by atoms with E-state index in [0.717, 1.165) is 18.6 Å². The molecule has 0 aliphatic heterocycles. The summed E-state index contributed by atoms with van der Waals surface area (Å²) in [5, 5.41) is 4.93. The van der Waals surface area contributed by atoms with Crippen molar-refractivity contribution in [2.45, 2.75) is 12.6 Å². The number of benzene rings is 3. The minimum absolute atomic E-state index is 0.104. The molecule has 0 saturated carbocycles. The predicted octanol–water partition coefficient (Wildman–Crippen LogP) is 5.45. The fourth-order valence-electron chi connectivity index (χ4n) is 2.74. The number of amides is 1. The number of nitrogens with one attached hydrogen (secondary N) is 2. The second kappa shape index (κ2) is 10.1. The van der Waals surface area contributed by atoms with E-state index in [1.807, 2.05) is 30.3 Å². The summed E-state index contributed by atoms with van der Waals surface area (Å²) < 4.78 is 44.1. The van der Waals surface area contributed by atoms with Crippen LogP contribution in [0, 0.1) is 0 Å². The summed E-state index contributed by atoms with van der Waals surface area (Å²) >= 11 is 5.03. The third-order valence-corrected chi connectivity index (χ3v) is 4.50. The lowest BCUT2D eigenvalue weighted by atomic mass is 10.2. The van der Waals surface area contributed by atoms with Gasteiger partial charge >= 0.3 is 6.18 Å². The SMILES string of the molecule is O=C(NC(=S)Nc1cccc(C(F)(F)F)c1)c1ccc(OCCc2ccccc2)cc1. The average Bonchev–Trinajstić information content (AvgIpc) is 2.74. The molecular weight excluding hydrogens is 425 g/mol. The predicted molar refractivity (Wildman–Crippen MR) is 117 cm³/mol. The van der Waals surface area contributed by atoms with E-state index in [1.165, 1.54) is 17.7 Å². The minimum atomic E-state index is -4.46. The van der Waals surface area contributed by atoms with Crippen molar-refractivity contribution >= 4 is 28.9 Å². The van der Waals surface area contributed by atoms with Crippen LogP contribution in [0.5, 0.6) is 5.75 Å². The minimum Gasteiger partial charge on any atom is -0.493 e. The van der Waals surface area contributed by atoms with Gasteiger partial charge < -0.3 is 10.1 Å². The van der Waals surface area contributed by atoms with Crippen LogP contribution in [0.25, 0.3) is 0 Å². The Hall–Kier alpha value is -3.39. The van der Waals surface area contributed by atoms with Crippen LogP contribution in [0.3, 0.4) is 0 Å². The maximum absolute atomic E-state index is 12.8. The molecule has 3 aromatic rings. The Labute approximate surface area is 183 Å². The molecule has 31 heavy (non-hydrogen) atoms. The van der Waals surface area contributed by atoms with Gasteiger partial charge in [0.05, 0.1) is 12.2 Å². The molecule has 4 nitrogen and oxygen atoms in total. The van der Waals surface area contributed by atoms with Gasteiger partial charge in [-0.2, -0.15) is 13.2 Å². The number of alkyl halides is 3. The molecule has 1 amide bonds. The van der Waals surface area contributed by atoms with E-state index in [2.05, 4.69) is 10.6 Å². The van der Waals surface area contributed by atoms with Crippen LogP contribution in [0.1, 0.15) is 21.5 Å². The molecular formula is C23H19F3N2O2S. The Balaban J connectivity index is 1.50. The zero-order valence-corrected chi connectivity index (χ0v) is 17.1. The van der Waals surface area contributed by atoms with Crippen molar-refractivity contribution in [1.29, 1.82) is 0 Å². The average molecular weight is 444 g/mol. The summed E-state index contributed by atoms with van der Waals surface area (Å²) in [6, 6.07) is 21.0. The number of halogens is 3. The Morgan fingerprint density at radius 2 is 1.65 bits per heavy atom. The first-order valence-electron chi connectivity index (χ1n) is 9.37. The summed E-state index contributed by atoms with van der Waals surface area (Å²) in [4.78, 5) is 12.3. The van der Waals surface area contributed by atoms with Crippen molar-refractivity contribution < 1.29 is 22.7 Å². The molecule has 0 saturated heterocycles. The fourth-order valence-corrected chi connectivity index (χ4v) is 2.96. The highest BCUT2D eigenvalue weighted by molar-refractivity contribution is 7.80. The van der Waals surface area contributed by atoms with E-state index in [4.69, 9.17) is 17.0 Å². The third-order valence-electron chi connectivity index (χ3n) is 4.29. The zero-order valence-electron chi connectivity index (χ0n) is 16.3. The van der Waals surface area contributed by atoms with E-state index >= 15 is 0 Å². The standard InChI is InChI=1S/C23H19F3N2O2S/c24-23(25,26)18-7-4-8-19(15-18)27-22(31)28-21(29)17-9-11-20(12-10-17)30-14-13-16-5-2-1-3-6-16/h1-12,15H,13-14H2,(H2,27,28,29,31). The van der Waals surface area contributed by atoms with Gasteiger partial charge in [0, 0.05) is 17.7 Å². The van der Waals surface area contributed by atoms with Crippen LogP contribution in [0.15, 0.2) is 78.9 Å². The molecule has 3 rings (SSSR count). The van der Waals surface area contributed by atoms with Crippen molar-refractivity contribution in [2.75, 3.05) is 11.9 Å². The Morgan fingerprint density at radius 3 is 2.32 bits per heavy atom. The smallest absolute Gasteiger partial charge is 0.416 e. The molecule has 0 atom stereocenters. The Bertz CT molecular complexity index is 1040. The highest BCUT2D eigenvalue weighted by Crippen LogP contribution is 2.30. The van der Waals surface area contributed by atoms with Crippen molar-refractivity contribution in [3.8, 4) is 5.75 Å². The summed E-state index contributed by atoms with van der Waals surface area (Å²) in [5.74, 6) is 0.137. The van der Waals surface area contributed by atoms with Crippen molar-refractivity contribution in [1.82, 2.24) is 5.32 Å². The Morgan fingerprint density at radius 1 is 0.935 bits per heavy atom. The molecule has 8 heteroatoms. The van der Waals surface area contributed by atoms with Crippen molar-refractivity contribution in [2.24, 2.45) is 0 Å². The first-order valence-corrected chi connectivity index (χ1v) is 9.78. The van der Waals surface area contributed by atoms with E-state index in [1.54, 1.807) is 24.3 Å². The van der Waals surface area contributed by atoms with Crippen LogP contribution in [0.2, 0.25) is 0 Å². The number of carbonyl (C=O) groups excluding carboxylic acids is 1. The van der Waals surface area contributed by atoms with Gasteiger partial charge in [-0.1, -0.05) is 36.4 Å². The van der Waals surface area contributed by atoms with Gasteiger partial charge in [0.25, 0.3) is 5.91 Å². The third kappa shape index (κ3) is 6.82. The lowest BCUT2D eigenvalue weighted by Gasteiger charge is -2.12. The molecule has 3 aromatic carbocycles. The van der Waals surface area contributed by atoms with Gasteiger partial charge in [-0.15, -0.1) is 0 Å². The monoisotopic (exact) mass is 444 g/mol. The maximum atomic E-state index is 12.8. The number of hydrogen-bond donors (Lipinski definition) is 2. The molecule has 0 heterocycles. The maximum Gasteiger partial charge on any atom is 0.416 e. The van der Waals surface area contributed by atoms with Crippen LogP contribution < -0.4 is 15.4 Å². The van der Waals surface area contributed by atoms with E-state index < -0.39 is 17.6 Å². The van der Waals surface area contributed by atoms with Crippen LogP contribution in [-0.2, 0) is 12.6 Å². The van der Waals surface area contributed by atoms with Crippen LogP contribution in [0.4, 0.5) is 18.9 Å². The summed E-state index contributed by atoms with van der Waals surface area (Å²) in [5.41, 5.74) is 0.820. The second-order valence-electron chi connectivity index (χ2n) is 6.60. The number of anilines is 1. The van der Waals surface area contributed by atoms with Crippen LogP contribution >= 0.6 is 12.2 Å². The molecule has 0 bridgehead atoms. The molecule has 0 fully saturated rings. The van der Waals surface area contributed by atoms with Gasteiger partial charge in [0.2, 0.25) is 0 Å². The molecule has 0 aliphatic rings. The van der Waals surface area contributed by atoms with Gasteiger partial charge in [0.1, 0.15) is 5.75 Å². The molecule has 2 N–H and O–H groups in total. The largest absolute Gasteiger partial charge is 0.493 e. The molecule has 160 valence electrons.